The van der Waals surface area contributed by atoms with Crippen LogP contribution in [0.2, 0.25) is 0 Å². The Labute approximate surface area is 83.7 Å². The molecular weight excluding hydrogens is 182 g/mol. The summed E-state index contributed by atoms with van der Waals surface area (Å²) in [4.78, 5) is 10.5. The fraction of sp³-hybridized carbons (Fsp3) is 0.500. The summed E-state index contributed by atoms with van der Waals surface area (Å²) < 4.78 is 0. The summed E-state index contributed by atoms with van der Waals surface area (Å²) in [6.07, 6.45) is 4.40. The number of hydrogen-bond acceptors (Lipinski definition) is 3. The van der Waals surface area contributed by atoms with Gasteiger partial charge in [-0.1, -0.05) is 13.0 Å². The summed E-state index contributed by atoms with van der Waals surface area (Å²) in [5.74, 6) is -0.877. The molecule has 4 nitrogen and oxygen atoms in total. The van der Waals surface area contributed by atoms with Crippen molar-refractivity contribution in [2.75, 3.05) is 0 Å². The van der Waals surface area contributed by atoms with E-state index in [0.29, 0.717) is 0 Å². The van der Waals surface area contributed by atoms with E-state index in [4.69, 9.17) is 15.9 Å². The Morgan fingerprint density at radius 3 is 2.43 bits per heavy atom. The summed E-state index contributed by atoms with van der Waals surface area (Å²) in [6.45, 7) is 3.47. The maximum absolute atomic E-state index is 10.5. The Kier molecular flexibility index (Phi) is 5.64. The van der Waals surface area contributed by atoms with Crippen LogP contribution in [-0.4, -0.2) is 22.2 Å². The number of carbonyl (C=O) groups is 1. The van der Waals surface area contributed by atoms with Crippen LogP contribution in [0.5, 0.6) is 0 Å². The average Bonchev–Trinajstić information content (AvgIpc) is 2.02. The molecule has 0 saturated heterocycles. The van der Waals surface area contributed by atoms with Gasteiger partial charge in [-0.3, -0.25) is 4.79 Å². The van der Waals surface area contributed by atoms with Crippen LogP contribution >= 0.6 is 0 Å². The number of aliphatic carboxylic acids is 1. The number of hydrogen-bond donors (Lipinski definition) is 3. The third-order valence-corrected chi connectivity index (χ3v) is 1.63. The molecule has 0 saturated carbocycles. The van der Waals surface area contributed by atoms with E-state index in [2.05, 4.69) is 0 Å². The molecule has 0 aliphatic heterocycles. The monoisotopic (exact) mass is 199 g/mol. The molecule has 0 spiro atoms. The molecule has 1 unspecified atom stereocenters. The van der Waals surface area contributed by atoms with Crippen molar-refractivity contribution in [2.45, 2.75) is 32.7 Å². The molecule has 0 aliphatic rings. The molecule has 4 N–H and O–H groups in total. The molecule has 1 atom stereocenters. The molecule has 0 heterocycles. The lowest BCUT2D eigenvalue weighted by molar-refractivity contribution is -0.138. The Balaban J connectivity index is 4.47. The molecule has 80 valence electrons. The first kappa shape index (κ1) is 12.7. The van der Waals surface area contributed by atoms with Gasteiger partial charge in [0.25, 0.3) is 0 Å². The molecule has 0 bridgehead atoms. The third-order valence-electron chi connectivity index (χ3n) is 1.63. The summed E-state index contributed by atoms with van der Waals surface area (Å²) in [5, 5.41) is 17.6. The van der Waals surface area contributed by atoms with Crippen molar-refractivity contribution in [3.63, 3.8) is 0 Å². The van der Waals surface area contributed by atoms with Gasteiger partial charge in [-0.2, -0.15) is 0 Å². The highest BCUT2D eigenvalue weighted by Gasteiger charge is 2.12. The first-order valence-electron chi connectivity index (χ1n) is 4.52. The number of nitrogens with two attached hydrogens (primary N) is 1. The maximum Gasteiger partial charge on any atom is 0.320 e. The molecule has 4 heteroatoms. The van der Waals surface area contributed by atoms with Crippen LogP contribution in [0.1, 0.15) is 26.7 Å². The third kappa shape index (κ3) is 5.37. The van der Waals surface area contributed by atoms with Gasteiger partial charge >= 0.3 is 5.97 Å². The zero-order chi connectivity index (χ0) is 11.1. The van der Waals surface area contributed by atoms with Gasteiger partial charge in [0.15, 0.2) is 0 Å². The summed E-state index contributed by atoms with van der Waals surface area (Å²) in [7, 11) is 0. The second-order valence-corrected chi connectivity index (χ2v) is 3.12. The number of carboxylic acids is 1. The molecule has 0 rings (SSSR count). The van der Waals surface area contributed by atoms with Crippen LogP contribution in [0.4, 0.5) is 0 Å². The van der Waals surface area contributed by atoms with Crippen molar-refractivity contribution in [1.82, 2.24) is 0 Å². The first-order valence-corrected chi connectivity index (χ1v) is 4.52. The van der Waals surface area contributed by atoms with E-state index in [1.54, 1.807) is 0 Å². The number of rotatable bonds is 5. The maximum atomic E-state index is 10.5. The minimum Gasteiger partial charge on any atom is -0.513 e. The van der Waals surface area contributed by atoms with Crippen LogP contribution in [0, 0.1) is 0 Å². The minimum absolute atomic E-state index is 0.155. The van der Waals surface area contributed by atoms with Crippen LogP contribution < -0.4 is 5.73 Å². The number of aliphatic hydroxyl groups is 1. The van der Waals surface area contributed by atoms with Gasteiger partial charge in [0.1, 0.15) is 6.04 Å². The Bertz CT molecular complexity index is 252. The van der Waals surface area contributed by atoms with Gasteiger partial charge < -0.3 is 15.9 Å². The smallest absolute Gasteiger partial charge is 0.320 e. The molecule has 0 aromatic carbocycles. The summed E-state index contributed by atoms with van der Waals surface area (Å²) in [5.41, 5.74) is 6.12. The van der Waals surface area contributed by atoms with E-state index in [1.165, 1.54) is 13.0 Å². The fourth-order valence-corrected chi connectivity index (χ4v) is 1.07. The van der Waals surface area contributed by atoms with Crippen LogP contribution in [0.25, 0.3) is 0 Å². The lowest BCUT2D eigenvalue weighted by atomic mass is 10.1. The first-order chi connectivity index (χ1) is 6.47. The van der Waals surface area contributed by atoms with E-state index in [-0.39, 0.29) is 12.2 Å². The van der Waals surface area contributed by atoms with Crippen molar-refractivity contribution in [3.05, 3.63) is 23.5 Å². The van der Waals surface area contributed by atoms with Crippen LogP contribution in [-0.2, 0) is 4.79 Å². The van der Waals surface area contributed by atoms with E-state index in [0.717, 1.165) is 12.0 Å². The van der Waals surface area contributed by atoms with Crippen molar-refractivity contribution in [1.29, 1.82) is 0 Å². The Morgan fingerprint density at radius 1 is 1.50 bits per heavy atom. The molecule has 0 aromatic heterocycles. The predicted molar refractivity (Wildman–Crippen MR) is 55.0 cm³/mol. The lowest BCUT2D eigenvalue weighted by Gasteiger charge is -2.07. The van der Waals surface area contributed by atoms with Gasteiger partial charge in [-0.05, 0) is 31.4 Å². The minimum atomic E-state index is -1.03. The number of allylic oxidation sites excluding steroid dienone is 3. The SMILES string of the molecule is CC/C=C(\C=C(/C)O)CC(N)C(=O)O. The van der Waals surface area contributed by atoms with Gasteiger partial charge in [0.2, 0.25) is 0 Å². The molecule has 0 radical (unpaired) electrons. The molecule has 0 aromatic rings. The van der Waals surface area contributed by atoms with E-state index in [1.807, 2.05) is 13.0 Å². The zero-order valence-electron chi connectivity index (χ0n) is 8.53. The zero-order valence-corrected chi connectivity index (χ0v) is 8.53. The predicted octanol–water partition coefficient (Wildman–Crippen LogP) is 1.59. The molecule has 0 fully saturated rings. The lowest BCUT2D eigenvalue weighted by Crippen LogP contribution is -2.30. The normalized spacial score (nSPS) is 15.4. The Hall–Kier alpha value is -1.29. The topological polar surface area (TPSA) is 83.5 Å². The second kappa shape index (κ2) is 6.21. The highest BCUT2D eigenvalue weighted by molar-refractivity contribution is 5.73. The van der Waals surface area contributed by atoms with Crippen molar-refractivity contribution in [2.24, 2.45) is 5.73 Å². The van der Waals surface area contributed by atoms with Gasteiger partial charge in [0.05, 0.1) is 5.76 Å². The van der Waals surface area contributed by atoms with Crippen molar-refractivity contribution in [3.8, 4) is 0 Å². The number of aliphatic hydroxyl groups excluding tert-OH is 1. The van der Waals surface area contributed by atoms with Gasteiger partial charge in [-0.15, -0.1) is 0 Å². The summed E-state index contributed by atoms with van der Waals surface area (Å²) in [6, 6.07) is -0.914. The molecule has 0 amide bonds. The average molecular weight is 199 g/mol. The quantitative estimate of drug-likeness (QED) is 0.463. The van der Waals surface area contributed by atoms with Gasteiger partial charge in [-0.25, -0.2) is 0 Å². The highest BCUT2D eigenvalue weighted by atomic mass is 16.4. The Morgan fingerprint density at radius 2 is 2.07 bits per heavy atom. The van der Waals surface area contributed by atoms with E-state index in [9.17, 15) is 4.79 Å². The van der Waals surface area contributed by atoms with E-state index < -0.39 is 12.0 Å². The largest absolute Gasteiger partial charge is 0.513 e. The van der Waals surface area contributed by atoms with Gasteiger partial charge in [0, 0.05) is 0 Å². The molecular formula is C10H17NO3. The highest BCUT2D eigenvalue weighted by Crippen LogP contribution is 2.09. The second-order valence-electron chi connectivity index (χ2n) is 3.12. The van der Waals surface area contributed by atoms with Crippen LogP contribution in [0.15, 0.2) is 23.5 Å². The van der Waals surface area contributed by atoms with E-state index >= 15 is 0 Å². The summed E-state index contributed by atoms with van der Waals surface area (Å²) >= 11 is 0. The standard InChI is InChI=1S/C10H17NO3/c1-3-4-8(5-7(2)12)6-9(11)10(13)14/h4-5,9,12H,3,6,11H2,1-2H3,(H,13,14)/b7-5+,8-4+. The molecule has 14 heavy (non-hydrogen) atoms. The van der Waals surface area contributed by atoms with Crippen molar-refractivity contribution < 1.29 is 15.0 Å². The van der Waals surface area contributed by atoms with Crippen molar-refractivity contribution >= 4 is 5.97 Å². The molecule has 0 aliphatic carbocycles. The fourth-order valence-electron chi connectivity index (χ4n) is 1.07. The van der Waals surface area contributed by atoms with Crippen LogP contribution in [0.3, 0.4) is 0 Å². The number of carboxylic acid groups (broad SMARTS) is 1.